The van der Waals surface area contributed by atoms with Crippen LogP contribution >= 0.6 is 0 Å². The Morgan fingerprint density at radius 1 is 1.24 bits per heavy atom. The lowest BCUT2D eigenvalue weighted by atomic mass is 9.95. The van der Waals surface area contributed by atoms with E-state index in [1.165, 1.54) is 50.1 Å². The first kappa shape index (κ1) is 14.9. The standard InChI is InChI=1S/C18H29N3/c1-14(19)11-16-7-3-4-9-18(16)21-13-17-8-5-6-10-20(17)12-15(21)2/h3-4,7,9,14-15,17H,5-6,8,10-13,19H2,1-2H3. The summed E-state index contributed by atoms with van der Waals surface area (Å²) >= 11 is 0. The van der Waals surface area contributed by atoms with Crippen molar-refractivity contribution in [1.82, 2.24) is 4.90 Å². The molecule has 0 aliphatic carbocycles. The number of nitrogens with zero attached hydrogens (tertiary/aromatic N) is 2. The third kappa shape index (κ3) is 3.24. The summed E-state index contributed by atoms with van der Waals surface area (Å²) in [7, 11) is 0. The Kier molecular flexibility index (Phi) is 4.51. The highest BCUT2D eigenvalue weighted by Gasteiger charge is 2.33. The average Bonchev–Trinajstić information content (AvgIpc) is 2.47. The lowest BCUT2D eigenvalue weighted by molar-refractivity contribution is 0.115. The van der Waals surface area contributed by atoms with Gasteiger partial charge in [-0.05, 0) is 51.3 Å². The average molecular weight is 287 g/mol. The molecule has 3 nitrogen and oxygen atoms in total. The van der Waals surface area contributed by atoms with E-state index in [0.29, 0.717) is 6.04 Å². The number of hydrogen-bond acceptors (Lipinski definition) is 3. The van der Waals surface area contributed by atoms with Gasteiger partial charge in [-0.15, -0.1) is 0 Å². The Balaban J connectivity index is 1.82. The third-order valence-corrected chi connectivity index (χ3v) is 5.03. The molecular formula is C18H29N3. The summed E-state index contributed by atoms with van der Waals surface area (Å²) in [6.07, 6.45) is 5.10. The van der Waals surface area contributed by atoms with Gasteiger partial charge >= 0.3 is 0 Å². The highest BCUT2D eigenvalue weighted by Crippen LogP contribution is 2.30. The molecule has 3 atom stereocenters. The van der Waals surface area contributed by atoms with Gasteiger partial charge in [-0.2, -0.15) is 0 Å². The van der Waals surface area contributed by atoms with Crippen LogP contribution in [0.3, 0.4) is 0 Å². The second-order valence-electron chi connectivity index (χ2n) is 6.96. The zero-order valence-electron chi connectivity index (χ0n) is 13.5. The molecule has 3 unspecified atom stereocenters. The number of nitrogens with two attached hydrogens (primary N) is 1. The molecule has 1 aromatic rings. The van der Waals surface area contributed by atoms with Gasteiger partial charge in [0.15, 0.2) is 0 Å². The SMILES string of the molecule is CC(N)Cc1ccccc1N1CC2CCCCN2CC1C. The molecule has 21 heavy (non-hydrogen) atoms. The molecule has 0 spiro atoms. The van der Waals surface area contributed by atoms with Crippen LogP contribution in [0.1, 0.15) is 38.7 Å². The molecule has 1 aromatic carbocycles. The Hall–Kier alpha value is -1.06. The lowest BCUT2D eigenvalue weighted by Gasteiger charge is -2.49. The maximum atomic E-state index is 6.04. The first-order valence-electron chi connectivity index (χ1n) is 8.49. The molecule has 2 saturated heterocycles. The summed E-state index contributed by atoms with van der Waals surface area (Å²) in [5.41, 5.74) is 8.85. The smallest absolute Gasteiger partial charge is 0.0402 e. The Bertz CT molecular complexity index is 471. The van der Waals surface area contributed by atoms with Crippen LogP contribution in [0.5, 0.6) is 0 Å². The number of para-hydroxylation sites is 1. The highest BCUT2D eigenvalue weighted by atomic mass is 15.3. The van der Waals surface area contributed by atoms with Crippen LogP contribution in [-0.2, 0) is 6.42 Å². The van der Waals surface area contributed by atoms with Gasteiger partial charge in [-0.25, -0.2) is 0 Å². The maximum absolute atomic E-state index is 6.04. The van der Waals surface area contributed by atoms with Crippen molar-refractivity contribution in [2.75, 3.05) is 24.5 Å². The summed E-state index contributed by atoms with van der Waals surface area (Å²) in [5, 5.41) is 0. The van der Waals surface area contributed by atoms with E-state index >= 15 is 0 Å². The summed E-state index contributed by atoms with van der Waals surface area (Å²) in [6, 6.07) is 10.4. The molecule has 0 bridgehead atoms. The molecule has 0 aromatic heterocycles. The van der Waals surface area contributed by atoms with Gasteiger partial charge in [0.25, 0.3) is 0 Å². The van der Waals surface area contributed by atoms with Crippen LogP contribution in [0.4, 0.5) is 5.69 Å². The molecule has 2 aliphatic heterocycles. The Morgan fingerprint density at radius 2 is 2.05 bits per heavy atom. The van der Waals surface area contributed by atoms with Crippen molar-refractivity contribution in [3.8, 4) is 0 Å². The number of rotatable bonds is 3. The van der Waals surface area contributed by atoms with Crippen molar-refractivity contribution in [2.24, 2.45) is 5.73 Å². The van der Waals surface area contributed by atoms with E-state index in [1.54, 1.807) is 0 Å². The van der Waals surface area contributed by atoms with Crippen molar-refractivity contribution in [3.05, 3.63) is 29.8 Å². The van der Waals surface area contributed by atoms with E-state index < -0.39 is 0 Å². The maximum Gasteiger partial charge on any atom is 0.0402 e. The van der Waals surface area contributed by atoms with Crippen LogP contribution < -0.4 is 10.6 Å². The summed E-state index contributed by atoms with van der Waals surface area (Å²) in [5.74, 6) is 0. The van der Waals surface area contributed by atoms with Crippen LogP contribution in [0.15, 0.2) is 24.3 Å². The van der Waals surface area contributed by atoms with Gasteiger partial charge in [0.2, 0.25) is 0 Å². The van der Waals surface area contributed by atoms with Gasteiger partial charge in [-0.1, -0.05) is 24.6 Å². The molecule has 2 N–H and O–H groups in total. The van der Waals surface area contributed by atoms with Gasteiger partial charge in [0, 0.05) is 36.9 Å². The van der Waals surface area contributed by atoms with Crippen LogP contribution in [0.25, 0.3) is 0 Å². The van der Waals surface area contributed by atoms with Gasteiger partial charge in [-0.3, -0.25) is 4.90 Å². The van der Waals surface area contributed by atoms with Gasteiger partial charge < -0.3 is 10.6 Å². The second-order valence-corrected chi connectivity index (χ2v) is 6.96. The third-order valence-electron chi connectivity index (χ3n) is 5.03. The van der Waals surface area contributed by atoms with E-state index in [-0.39, 0.29) is 6.04 Å². The summed E-state index contributed by atoms with van der Waals surface area (Å²) in [6.45, 7) is 8.14. The monoisotopic (exact) mass is 287 g/mol. The van der Waals surface area contributed by atoms with E-state index in [4.69, 9.17) is 5.73 Å². The number of anilines is 1. The number of benzene rings is 1. The molecule has 116 valence electrons. The van der Waals surface area contributed by atoms with Crippen molar-refractivity contribution < 1.29 is 0 Å². The van der Waals surface area contributed by atoms with E-state index in [1.807, 2.05) is 0 Å². The van der Waals surface area contributed by atoms with Crippen molar-refractivity contribution in [1.29, 1.82) is 0 Å². The minimum absolute atomic E-state index is 0.220. The molecular weight excluding hydrogens is 258 g/mol. The van der Waals surface area contributed by atoms with E-state index in [0.717, 1.165) is 12.5 Å². The predicted octanol–water partition coefficient (Wildman–Crippen LogP) is 2.64. The van der Waals surface area contributed by atoms with Crippen LogP contribution in [0.2, 0.25) is 0 Å². The number of piperazine rings is 1. The first-order chi connectivity index (χ1) is 10.1. The highest BCUT2D eigenvalue weighted by molar-refractivity contribution is 5.55. The number of hydrogen-bond donors (Lipinski definition) is 1. The topological polar surface area (TPSA) is 32.5 Å². The minimum Gasteiger partial charge on any atom is -0.366 e. The molecule has 0 saturated carbocycles. The van der Waals surface area contributed by atoms with Crippen molar-refractivity contribution in [3.63, 3.8) is 0 Å². The second kappa shape index (κ2) is 6.37. The molecule has 2 fully saturated rings. The predicted molar refractivity (Wildman–Crippen MR) is 89.8 cm³/mol. The summed E-state index contributed by atoms with van der Waals surface area (Å²) < 4.78 is 0. The summed E-state index contributed by atoms with van der Waals surface area (Å²) in [4.78, 5) is 5.34. The number of fused-ring (bicyclic) bond motifs is 1. The van der Waals surface area contributed by atoms with Crippen molar-refractivity contribution in [2.45, 2.75) is 57.7 Å². The number of piperidine rings is 1. The fourth-order valence-corrected chi connectivity index (χ4v) is 4.00. The lowest BCUT2D eigenvalue weighted by Crippen LogP contribution is -2.59. The molecule has 0 radical (unpaired) electrons. The Morgan fingerprint density at radius 3 is 2.86 bits per heavy atom. The van der Waals surface area contributed by atoms with Gasteiger partial charge in [0.1, 0.15) is 0 Å². The van der Waals surface area contributed by atoms with Crippen LogP contribution in [-0.4, -0.2) is 42.7 Å². The molecule has 2 aliphatic rings. The van der Waals surface area contributed by atoms with Gasteiger partial charge in [0.05, 0.1) is 0 Å². The normalized spacial score (nSPS) is 28.2. The Labute approximate surface area is 129 Å². The largest absolute Gasteiger partial charge is 0.366 e. The minimum atomic E-state index is 0.220. The van der Waals surface area contributed by atoms with E-state index in [2.05, 4.69) is 47.9 Å². The van der Waals surface area contributed by atoms with E-state index in [9.17, 15) is 0 Å². The molecule has 2 heterocycles. The molecule has 0 amide bonds. The molecule has 3 rings (SSSR count). The first-order valence-corrected chi connectivity index (χ1v) is 8.49. The van der Waals surface area contributed by atoms with Crippen molar-refractivity contribution >= 4 is 5.69 Å². The zero-order valence-corrected chi connectivity index (χ0v) is 13.5. The fraction of sp³-hybridized carbons (Fsp3) is 0.667. The quantitative estimate of drug-likeness (QED) is 0.927. The zero-order chi connectivity index (χ0) is 14.8. The molecule has 3 heteroatoms. The van der Waals surface area contributed by atoms with Crippen LogP contribution in [0, 0.1) is 0 Å². The fourth-order valence-electron chi connectivity index (χ4n) is 4.00.